The fourth-order valence-electron chi connectivity index (χ4n) is 2.53. The largest absolute Gasteiger partial charge is 0.507 e. The number of hydrogen-bond acceptors (Lipinski definition) is 6. The molecule has 3 N–H and O–H groups in total. The minimum absolute atomic E-state index is 0.0453. The molecule has 0 spiro atoms. The quantitative estimate of drug-likeness (QED) is 0.702. The molecule has 0 bridgehead atoms. The highest BCUT2D eigenvalue weighted by Gasteiger charge is 2.17. The Kier molecular flexibility index (Phi) is 4.53. The van der Waals surface area contributed by atoms with Gasteiger partial charge in [0, 0.05) is 37.1 Å². The van der Waals surface area contributed by atoms with Gasteiger partial charge in [-0.3, -0.25) is 4.79 Å². The monoisotopic (exact) mass is 352 g/mol. The number of aromatic nitrogens is 2. The Hall–Kier alpha value is -3.48. The van der Waals surface area contributed by atoms with Crippen LogP contribution in [0.2, 0.25) is 0 Å². The first-order valence-corrected chi connectivity index (χ1v) is 7.80. The average molecular weight is 352 g/mol. The van der Waals surface area contributed by atoms with Crippen LogP contribution in [0.5, 0.6) is 5.75 Å². The zero-order valence-corrected chi connectivity index (χ0v) is 14.3. The van der Waals surface area contributed by atoms with E-state index in [0.29, 0.717) is 16.9 Å². The highest BCUT2D eigenvalue weighted by atomic mass is 19.1. The molecule has 0 amide bonds. The molecule has 3 rings (SSSR count). The second kappa shape index (κ2) is 6.79. The molecule has 1 aromatic heterocycles. The molecule has 0 aliphatic heterocycles. The van der Waals surface area contributed by atoms with Gasteiger partial charge in [-0.1, -0.05) is 0 Å². The minimum atomic E-state index is -0.609. The number of aromatic hydroxyl groups is 1. The van der Waals surface area contributed by atoms with Gasteiger partial charge in [0.1, 0.15) is 11.6 Å². The SMILES string of the molecule is CN(C)c1ccc(C(=O)c2ccc(O)c(-c3ccnc(N)n3)c2)c(F)c1. The number of phenolic OH excluding ortho intramolecular Hbond substituents is 1. The Labute approximate surface area is 149 Å². The molecule has 0 radical (unpaired) electrons. The zero-order chi connectivity index (χ0) is 18.8. The first-order valence-electron chi connectivity index (χ1n) is 7.80. The summed E-state index contributed by atoms with van der Waals surface area (Å²) in [6.45, 7) is 0. The van der Waals surface area contributed by atoms with Crippen molar-refractivity contribution in [3.8, 4) is 17.0 Å². The first-order chi connectivity index (χ1) is 12.4. The van der Waals surface area contributed by atoms with E-state index >= 15 is 0 Å². The summed E-state index contributed by atoms with van der Waals surface area (Å²) in [6.07, 6.45) is 1.45. The number of phenols is 1. The molecule has 0 atom stereocenters. The van der Waals surface area contributed by atoms with Gasteiger partial charge in [0.05, 0.1) is 11.3 Å². The molecule has 1 heterocycles. The van der Waals surface area contributed by atoms with Gasteiger partial charge in [0.15, 0.2) is 5.78 Å². The topological polar surface area (TPSA) is 92.3 Å². The number of anilines is 2. The van der Waals surface area contributed by atoms with Crippen molar-refractivity contribution in [2.24, 2.45) is 0 Å². The molecular weight excluding hydrogens is 335 g/mol. The number of halogens is 1. The third-order valence-electron chi connectivity index (χ3n) is 3.92. The van der Waals surface area contributed by atoms with Crippen molar-refractivity contribution >= 4 is 17.4 Å². The number of rotatable bonds is 4. The molecular formula is C19H17FN4O2. The molecule has 0 fully saturated rings. The van der Waals surface area contributed by atoms with Crippen molar-refractivity contribution in [1.29, 1.82) is 0 Å². The van der Waals surface area contributed by atoms with E-state index in [1.807, 2.05) is 0 Å². The molecule has 0 aliphatic rings. The van der Waals surface area contributed by atoms with Crippen LogP contribution in [0.15, 0.2) is 48.7 Å². The van der Waals surface area contributed by atoms with Crippen LogP contribution in [0.1, 0.15) is 15.9 Å². The van der Waals surface area contributed by atoms with Crippen molar-refractivity contribution in [2.75, 3.05) is 24.7 Å². The predicted octanol–water partition coefficient (Wildman–Crippen LogP) is 2.87. The van der Waals surface area contributed by atoms with E-state index in [9.17, 15) is 14.3 Å². The number of nitrogens with two attached hydrogens (primary N) is 1. The van der Waals surface area contributed by atoms with Crippen molar-refractivity contribution in [2.45, 2.75) is 0 Å². The van der Waals surface area contributed by atoms with E-state index in [2.05, 4.69) is 9.97 Å². The standard InChI is InChI=1S/C19H17FN4O2/c1-24(2)12-4-5-13(15(20)10-12)18(26)11-3-6-17(25)14(9-11)16-7-8-22-19(21)23-16/h3-10,25H,1-2H3,(H2,21,22,23). The van der Waals surface area contributed by atoms with E-state index in [4.69, 9.17) is 5.73 Å². The van der Waals surface area contributed by atoms with Gasteiger partial charge in [-0.2, -0.15) is 0 Å². The highest BCUT2D eigenvalue weighted by molar-refractivity contribution is 6.10. The molecule has 132 valence electrons. The average Bonchev–Trinajstić information content (AvgIpc) is 2.61. The van der Waals surface area contributed by atoms with Gasteiger partial charge in [-0.05, 0) is 42.5 Å². The predicted molar refractivity (Wildman–Crippen MR) is 97.7 cm³/mol. The molecule has 0 aliphatic carbocycles. The van der Waals surface area contributed by atoms with Crippen LogP contribution in [0.4, 0.5) is 16.0 Å². The van der Waals surface area contributed by atoms with E-state index in [0.717, 1.165) is 0 Å². The highest BCUT2D eigenvalue weighted by Crippen LogP contribution is 2.30. The van der Waals surface area contributed by atoms with Gasteiger partial charge in [0.2, 0.25) is 5.95 Å². The summed E-state index contributed by atoms with van der Waals surface area (Å²) in [5.74, 6) is -1.12. The Morgan fingerprint density at radius 3 is 2.58 bits per heavy atom. The van der Waals surface area contributed by atoms with Crippen LogP contribution in [0.3, 0.4) is 0 Å². The number of ketones is 1. The van der Waals surface area contributed by atoms with Crippen molar-refractivity contribution in [3.63, 3.8) is 0 Å². The van der Waals surface area contributed by atoms with E-state index in [1.165, 1.54) is 36.5 Å². The summed E-state index contributed by atoms with van der Waals surface area (Å²) in [6, 6.07) is 10.2. The van der Waals surface area contributed by atoms with Crippen LogP contribution in [-0.2, 0) is 0 Å². The maximum absolute atomic E-state index is 14.4. The Morgan fingerprint density at radius 2 is 1.92 bits per heavy atom. The number of benzene rings is 2. The second-order valence-corrected chi connectivity index (χ2v) is 5.92. The Balaban J connectivity index is 2.02. The molecule has 0 saturated heterocycles. The van der Waals surface area contributed by atoms with E-state index in [-0.39, 0.29) is 22.8 Å². The number of carbonyl (C=O) groups excluding carboxylic acids is 1. The molecule has 2 aromatic carbocycles. The molecule has 6 nitrogen and oxygen atoms in total. The summed E-state index contributed by atoms with van der Waals surface area (Å²) in [4.78, 5) is 22.3. The second-order valence-electron chi connectivity index (χ2n) is 5.92. The third kappa shape index (κ3) is 3.32. The van der Waals surface area contributed by atoms with Gasteiger partial charge in [0.25, 0.3) is 0 Å². The molecule has 26 heavy (non-hydrogen) atoms. The third-order valence-corrected chi connectivity index (χ3v) is 3.92. The van der Waals surface area contributed by atoms with Gasteiger partial charge < -0.3 is 15.7 Å². The number of nitrogen functional groups attached to an aromatic ring is 1. The normalized spacial score (nSPS) is 10.6. The van der Waals surface area contributed by atoms with Crippen LogP contribution in [-0.4, -0.2) is 35.0 Å². The molecule has 3 aromatic rings. The number of hydrogen-bond donors (Lipinski definition) is 2. The lowest BCUT2D eigenvalue weighted by Gasteiger charge is -2.13. The minimum Gasteiger partial charge on any atom is -0.507 e. The smallest absolute Gasteiger partial charge is 0.220 e. The van der Waals surface area contributed by atoms with Crippen LogP contribution >= 0.6 is 0 Å². The zero-order valence-electron chi connectivity index (χ0n) is 14.3. The molecule has 7 heteroatoms. The first kappa shape index (κ1) is 17.3. The fourth-order valence-corrected chi connectivity index (χ4v) is 2.53. The van der Waals surface area contributed by atoms with Gasteiger partial charge in [-0.15, -0.1) is 0 Å². The van der Waals surface area contributed by atoms with Gasteiger partial charge >= 0.3 is 0 Å². The number of carbonyl (C=O) groups is 1. The lowest BCUT2D eigenvalue weighted by Crippen LogP contribution is -2.11. The van der Waals surface area contributed by atoms with Crippen LogP contribution in [0, 0.1) is 5.82 Å². The fraction of sp³-hybridized carbons (Fsp3) is 0.105. The maximum Gasteiger partial charge on any atom is 0.220 e. The van der Waals surface area contributed by atoms with Crippen molar-refractivity contribution in [1.82, 2.24) is 9.97 Å². The molecule has 0 unspecified atom stereocenters. The maximum atomic E-state index is 14.4. The summed E-state index contributed by atoms with van der Waals surface area (Å²) in [5.41, 5.74) is 7.09. The summed E-state index contributed by atoms with van der Waals surface area (Å²) in [7, 11) is 3.58. The Morgan fingerprint density at radius 1 is 1.15 bits per heavy atom. The molecule has 0 saturated carbocycles. The van der Waals surface area contributed by atoms with Crippen LogP contribution in [0.25, 0.3) is 11.3 Å². The Bertz CT molecular complexity index is 989. The van der Waals surface area contributed by atoms with Gasteiger partial charge in [-0.25, -0.2) is 14.4 Å². The lowest BCUT2D eigenvalue weighted by atomic mass is 9.99. The summed E-state index contributed by atoms with van der Waals surface area (Å²) in [5, 5.41) is 10.1. The lowest BCUT2D eigenvalue weighted by molar-refractivity contribution is 0.103. The van der Waals surface area contributed by atoms with Crippen molar-refractivity contribution < 1.29 is 14.3 Å². The van der Waals surface area contributed by atoms with E-state index in [1.54, 1.807) is 31.1 Å². The summed E-state index contributed by atoms with van der Waals surface area (Å²) < 4.78 is 14.4. The van der Waals surface area contributed by atoms with Crippen molar-refractivity contribution in [3.05, 3.63) is 65.6 Å². The van der Waals surface area contributed by atoms with E-state index < -0.39 is 11.6 Å². The number of nitrogens with zero attached hydrogens (tertiary/aromatic N) is 3. The summed E-state index contributed by atoms with van der Waals surface area (Å²) >= 11 is 0. The van der Waals surface area contributed by atoms with Crippen LogP contribution < -0.4 is 10.6 Å².